The van der Waals surface area contributed by atoms with E-state index in [0.717, 1.165) is 32.1 Å². The van der Waals surface area contributed by atoms with Crippen molar-refractivity contribution >= 4 is 58.7 Å². The number of halogens is 1. The summed E-state index contributed by atoms with van der Waals surface area (Å²) in [6.45, 7) is 9.95. The molecule has 0 unspecified atom stereocenters. The largest absolute Gasteiger partial charge is 0.370 e. The van der Waals surface area contributed by atoms with Crippen LogP contribution in [0.3, 0.4) is 0 Å². The van der Waals surface area contributed by atoms with Crippen molar-refractivity contribution in [3.05, 3.63) is 0 Å². The van der Waals surface area contributed by atoms with Crippen molar-refractivity contribution in [3.63, 3.8) is 0 Å². The first-order valence-corrected chi connectivity index (χ1v) is 19.5. The number of hydrogen-bond donors (Lipinski definition) is 8. The van der Waals surface area contributed by atoms with Crippen LogP contribution in [-0.2, 0) is 28.8 Å². The van der Waals surface area contributed by atoms with E-state index in [1.165, 1.54) is 6.42 Å². The minimum absolute atomic E-state index is 0.0428. The second-order valence-electron chi connectivity index (χ2n) is 14.3. The van der Waals surface area contributed by atoms with Gasteiger partial charge >= 0.3 is 0 Å². The predicted molar refractivity (Wildman–Crippen MR) is 210 cm³/mol. The van der Waals surface area contributed by atoms with Gasteiger partial charge in [-0.2, -0.15) is 0 Å². The minimum atomic E-state index is -1.15. The van der Waals surface area contributed by atoms with Crippen LogP contribution in [0, 0.1) is 11.8 Å². The maximum Gasteiger partial charge on any atom is 0.243 e. The Bertz CT molecular complexity index is 1210. The van der Waals surface area contributed by atoms with Gasteiger partial charge in [-0.05, 0) is 56.8 Å². The van der Waals surface area contributed by atoms with E-state index in [0.29, 0.717) is 19.3 Å². The number of ketones is 2. The molecule has 0 fully saturated rings. The van der Waals surface area contributed by atoms with Crippen LogP contribution in [0.2, 0.25) is 0 Å². The van der Waals surface area contributed by atoms with Crippen molar-refractivity contribution in [3.8, 4) is 0 Å². The fourth-order valence-electron chi connectivity index (χ4n) is 5.54. The number of hydrogen-bond acceptors (Lipinski definition) is 8. The summed E-state index contributed by atoms with van der Waals surface area (Å²) in [7, 11) is 0. The van der Waals surface area contributed by atoms with Crippen LogP contribution in [0.4, 0.5) is 0 Å². The molecule has 12 N–H and O–H groups in total. The van der Waals surface area contributed by atoms with Crippen LogP contribution in [0.25, 0.3) is 0 Å². The third kappa shape index (κ3) is 24.1. The number of Topliss-reactive ketones (excluding diaryl/α,β-unsaturated/α-hetero) is 2. The molecule has 0 aliphatic carbocycles. The lowest BCUT2D eigenvalue weighted by Gasteiger charge is -2.27. The van der Waals surface area contributed by atoms with Gasteiger partial charge in [0.2, 0.25) is 35.2 Å². The monoisotopic (exact) mass is 770 g/mol. The number of carbonyl (C=O) groups is 6. The van der Waals surface area contributed by atoms with Crippen molar-refractivity contribution in [2.45, 2.75) is 149 Å². The normalized spacial score (nSPS) is 13.3. The summed E-state index contributed by atoms with van der Waals surface area (Å²) in [6.07, 6.45) is 8.81. The van der Waals surface area contributed by atoms with E-state index >= 15 is 0 Å². The Morgan fingerprint density at radius 3 is 1.45 bits per heavy atom. The average Bonchev–Trinajstić information content (AvgIpc) is 3.08. The fraction of sp³-hybridized carbons (Fsp3) is 0.778. The molecule has 0 aromatic heterocycles. The molecule has 304 valence electrons. The molecule has 0 saturated carbocycles. The summed E-state index contributed by atoms with van der Waals surface area (Å²) in [6, 6.07) is -4.37. The van der Waals surface area contributed by atoms with E-state index in [-0.39, 0.29) is 74.9 Å². The van der Waals surface area contributed by atoms with Crippen molar-refractivity contribution in [2.75, 3.05) is 19.0 Å². The van der Waals surface area contributed by atoms with Gasteiger partial charge in [-0.3, -0.25) is 38.8 Å². The number of unbranched alkanes of at least 4 members (excludes halogenated alkanes) is 6. The number of nitrogens with zero attached hydrogens (tertiary/aromatic N) is 2. The maximum absolute atomic E-state index is 13.8. The standard InChI is InChI=1S/C36H67ClN10O6/c1-6-7-8-9-10-11-12-17-30(49)44-25(15-13-18-42-35(38)39)32(51)45-26(16-14-19-43-36(40)41)33(52)47-28(21-24(4)5)34(53)46-27(20-23(2)3)31(50)29(48)22-37/h23-28H,6-22H2,1-5H3,(H,44,49)(H,45,51)(H,46,53)(H,47,52)(H4,38,39,42)(H4,40,41,43)/t25-,26-,27-,28-/m0/s1. The Morgan fingerprint density at radius 1 is 0.566 bits per heavy atom. The molecule has 53 heavy (non-hydrogen) atoms. The summed E-state index contributed by atoms with van der Waals surface area (Å²) in [5.74, 6) is -4.72. The van der Waals surface area contributed by atoms with Crippen molar-refractivity contribution in [1.82, 2.24) is 21.3 Å². The van der Waals surface area contributed by atoms with Gasteiger partial charge < -0.3 is 44.2 Å². The second-order valence-corrected chi connectivity index (χ2v) is 14.5. The van der Waals surface area contributed by atoms with E-state index < -0.39 is 59.3 Å². The first-order chi connectivity index (χ1) is 25.0. The van der Waals surface area contributed by atoms with Gasteiger partial charge in [-0.25, -0.2) is 0 Å². The van der Waals surface area contributed by atoms with Gasteiger partial charge in [-0.15, -0.1) is 11.6 Å². The van der Waals surface area contributed by atoms with Crippen LogP contribution in [-0.4, -0.2) is 90.3 Å². The molecule has 4 amide bonds. The van der Waals surface area contributed by atoms with E-state index in [1.54, 1.807) is 0 Å². The average molecular weight is 771 g/mol. The van der Waals surface area contributed by atoms with Crippen molar-refractivity contribution in [1.29, 1.82) is 0 Å². The lowest BCUT2D eigenvalue weighted by atomic mass is 9.96. The highest BCUT2D eigenvalue weighted by atomic mass is 35.5. The Hall–Kier alpha value is -3.95. The number of rotatable bonds is 30. The first kappa shape index (κ1) is 49.0. The number of nitrogens with one attached hydrogen (secondary N) is 4. The lowest BCUT2D eigenvalue weighted by Crippen LogP contribution is -2.58. The SMILES string of the molecule is CCCCCCCCCC(=O)N[C@@H](CCCN=C(N)N)C(=O)N[C@@H](CCCN=C(N)N)C(=O)N[C@@H](CC(C)C)C(=O)N[C@@H](CC(C)C)C(=O)C(=O)CCl. The number of amides is 4. The molecular weight excluding hydrogens is 704 g/mol. The highest BCUT2D eigenvalue weighted by Gasteiger charge is 2.33. The first-order valence-electron chi connectivity index (χ1n) is 19.0. The quantitative estimate of drug-likeness (QED) is 0.0172. The van der Waals surface area contributed by atoms with E-state index in [4.69, 9.17) is 34.5 Å². The molecule has 0 radical (unpaired) electrons. The summed E-state index contributed by atoms with van der Waals surface area (Å²) in [4.78, 5) is 86.9. The third-order valence-corrected chi connectivity index (χ3v) is 8.50. The molecule has 0 aliphatic rings. The Balaban J connectivity index is 6.11. The molecule has 16 nitrogen and oxygen atoms in total. The van der Waals surface area contributed by atoms with Gasteiger partial charge in [0.25, 0.3) is 0 Å². The minimum Gasteiger partial charge on any atom is -0.370 e. The summed E-state index contributed by atoms with van der Waals surface area (Å²) >= 11 is 5.62. The smallest absolute Gasteiger partial charge is 0.243 e. The second kappa shape index (κ2) is 28.5. The summed E-state index contributed by atoms with van der Waals surface area (Å²) in [5, 5.41) is 10.9. The van der Waals surface area contributed by atoms with Crippen LogP contribution < -0.4 is 44.2 Å². The van der Waals surface area contributed by atoms with Crippen molar-refractivity contribution < 1.29 is 28.8 Å². The van der Waals surface area contributed by atoms with Gasteiger partial charge in [0.1, 0.15) is 18.1 Å². The summed E-state index contributed by atoms with van der Waals surface area (Å²) in [5.41, 5.74) is 21.8. The molecule has 0 bridgehead atoms. The molecular formula is C36H67ClN10O6. The number of nitrogens with two attached hydrogens (primary N) is 4. The van der Waals surface area contributed by atoms with E-state index in [9.17, 15) is 28.8 Å². The zero-order valence-corrected chi connectivity index (χ0v) is 33.3. The number of carbonyl (C=O) groups excluding carboxylic acids is 6. The maximum atomic E-state index is 13.8. The Kier molecular flexibility index (Phi) is 26.4. The summed E-state index contributed by atoms with van der Waals surface area (Å²) < 4.78 is 0. The van der Waals surface area contributed by atoms with Crippen LogP contribution in [0.5, 0.6) is 0 Å². The van der Waals surface area contributed by atoms with Crippen LogP contribution >= 0.6 is 11.6 Å². The highest BCUT2D eigenvalue weighted by molar-refractivity contribution is 6.48. The van der Waals surface area contributed by atoms with Gasteiger partial charge in [0.05, 0.1) is 11.9 Å². The van der Waals surface area contributed by atoms with E-state index in [1.807, 2.05) is 27.7 Å². The predicted octanol–water partition coefficient (Wildman–Crippen LogP) is 1.64. The zero-order valence-electron chi connectivity index (χ0n) is 32.5. The number of aliphatic imine (C=N–C) groups is 2. The molecule has 0 aliphatic heterocycles. The third-order valence-electron chi connectivity index (χ3n) is 8.26. The fourth-order valence-corrected chi connectivity index (χ4v) is 5.67. The van der Waals surface area contributed by atoms with Gasteiger partial charge in [0, 0.05) is 19.5 Å². The van der Waals surface area contributed by atoms with E-state index in [2.05, 4.69) is 38.2 Å². The van der Waals surface area contributed by atoms with Gasteiger partial charge in [0.15, 0.2) is 11.9 Å². The zero-order chi connectivity index (χ0) is 40.3. The molecule has 0 rings (SSSR count). The molecule has 0 saturated heterocycles. The molecule has 4 atom stereocenters. The van der Waals surface area contributed by atoms with Crippen molar-refractivity contribution in [2.24, 2.45) is 44.8 Å². The number of alkyl halides is 1. The van der Waals surface area contributed by atoms with Crippen LogP contribution in [0.15, 0.2) is 9.98 Å². The Labute approximate surface area is 320 Å². The molecule has 0 heterocycles. The Morgan fingerprint density at radius 2 is 0.981 bits per heavy atom. The molecule has 17 heteroatoms. The topological polar surface area (TPSA) is 279 Å². The highest BCUT2D eigenvalue weighted by Crippen LogP contribution is 2.12. The lowest BCUT2D eigenvalue weighted by molar-refractivity contribution is -0.138. The van der Waals surface area contributed by atoms with Crippen LogP contribution in [0.1, 0.15) is 125 Å². The number of guanidine groups is 2. The molecule has 0 aromatic carbocycles. The van der Waals surface area contributed by atoms with Gasteiger partial charge in [-0.1, -0.05) is 73.1 Å². The molecule has 0 spiro atoms. The molecule has 0 aromatic rings.